The lowest BCUT2D eigenvalue weighted by Gasteiger charge is -2.15. The molecule has 0 atom stereocenters. The molecule has 0 spiro atoms. The van der Waals surface area contributed by atoms with Crippen molar-refractivity contribution in [3.8, 4) is 0 Å². The van der Waals surface area contributed by atoms with Crippen LogP contribution in [0.5, 0.6) is 0 Å². The van der Waals surface area contributed by atoms with Gasteiger partial charge < -0.3 is 10.6 Å². The molecule has 0 bridgehead atoms. The summed E-state index contributed by atoms with van der Waals surface area (Å²) >= 11 is 0. The zero-order valence-corrected chi connectivity index (χ0v) is 16.5. The average Bonchev–Trinajstić information content (AvgIpc) is 2.69. The Morgan fingerprint density at radius 3 is 2.74 bits per heavy atom. The van der Waals surface area contributed by atoms with Crippen molar-refractivity contribution < 1.29 is 4.79 Å². The average molecular weight is 391 g/mol. The molecule has 6 nitrogen and oxygen atoms in total. The van der Waals surface area contributed by atoms with E-state index in [2.05, 4.69) is 28.7 Å². The Labute approximate surface area is 165 Å². The molecule has 7 heteroatoms. The zero-order chi connectivity index (χ0) is 18.4. The molecule has 0 aliphatic carbocycles. The maximum absolute atomic E-state index is 12.8. The number of carbonyl (C=O) groups is 1. The third kappa shape index (κ3) is 5.17. The number of benzene rings is 1. The molecule has 0 saturated heterocycles. The molecule has 0 radical (unpaired) electrons. The van der Waals surface area contributed by atoms with Gasteiger partial charge in [-0.1, -0.05) is 49.6 Å². The summed E-state index contributed by atoms with van der Waals surface area (Å²) in [7, 11) is 0. The highest BCUT2D eigenvalue weighted by Crippen LogP contribution is 2.14. The molecular formula is C20H27ClN4O2. The Morgan fingerprint density at radius 1 is 1.26 bits per heavy atom. The van der Waals surface area contributed by atoms with Crippen molar-refractivity contribution in [3.63, 3.8) is 0 Å². The molecule has 0 fully saturated rings. The fourth-order valence-electron chi connectivity index (χ4n) is 3.17. The van der Waals surface area contributed by atoms with Gasteiger partial charge in [0.1, 0.15) is 0 Å². The van der Waals surface area contributed by atoms with Crippen LogP contribution < -0.4 is 16.2 Å². The normalized spacial score (nSPS) is 13.7. The van der Waals surface area contributed by atoms with Crippen LogP contribution in [-0.2, 0) is 6.54 Å². The molecule has 1 aromatic carbocycles. The molecule has 0 saturated carbocycles. The highest BCUT2D eigenvalue weighted by molar-refractivity contribution is 6.04. The van der Waals surface area contributed by atoms with Crippen molar-refractivity contribution in [2.24, 2.45) is 0 Å². The molecule has 2 heterocycles. The first-order chi connectivity index (χ1) is 12.7. The van der Waals surface area contributed by atoms with E-state index in [9.17, 15) is 9.59 Å². The standard InChI is InChI=1S/C20H26N4O2.ClH/c1-2-3-6-13-24-20(26)17-8-5-4-7-16(17)18(23-24)19(25)22-14-15-9-11-21-12-10-15;/h4-5,7-9,21H,2-3,6,10-14H2,1H3,(H,22,25);1H. The van der Waals surface area contributed by atoms with Crippen molar-refractivity contribution in [1.29, 1.82) is 0 Å². The van der Waals surface area contributed by atoms with E-state index < -0.39 is 0 Å². The van der Waals surface area contributed by atoms with E-state index in [0.29, 0.717) is 29.6 Å². The Kier molecular flexibility index (Phi) is 8.00. The second-order valence-corrected chi connectivity index (χ2v) is 6.63. The number of nitrogens with zero attached hydrogens (tertiary/aromatic N) is 2. The zero-order valence-electron chi connectivity index (χ0n) is 15.7. The Hall–Kier alpha value is -2.18. The number of carbonyl (C=O) groups excluding carboxylic acids is 1. The van der Waals surface area contributed by atoms with Crippen LogP contribution in [-0.4, -0.2) is 35.3 Å². The number of amides is 1. The number of rotatable bonds is 7. The lowest BCUT2D eigenvalue weighted by molar-refractivity contribution is 0.0951. The van der Waals surface area contributed by atoms with Crippen LogP contribution in [0.2, 0.25) is 0 Å². The maximum Gasteiger partial charge on any atom is 0.274 e. The third-order valence-corrected chi connectivity index (χ3v) is 4.69. The van der Waals surface area contributed by atoms with Gasteiger partial charge in [0.05, 0.1) is 5.39 Å². The van der Waals surface area contributed by atoms with Crippen LogP contribution in [0.15, 0.2) is 40.7 Å². The van der Waals surface area contributed by atoms with Crippen molar-refractivity contribution in [2.75, 3.05) is 19.6 Å². The van der Waals surface area contributed by atoms with Crippen LogP contribution in [0.1, 0.15) is 43.1 Å². The Bertz CT molecular complexity index is 876. The van der Waals surface area contributed by atoms with Gasteiger partial charge in [-0.3, -0.25) is 9.59 Å². The summed E-state index contributed by atoms with van der Waals surface area (Å²) in [5, 5.41) is 11.8. The molecule has 1 aromatic heterocycles. The molecule has 2 aromatic rings. The second kappa shape index (κ2) is 10.2. The van der Waals surface area contributed by atoms with Crippen LogP contribution >= 0.6 is 12.4 Å². The molecular weight excluding hydrogens is 364 g/mol. The van der Waals surface area contributed by atoms with Crippen molar-refractivity contribution in [3.05, 3.63) is 52.0 Å². The topological polar surface area (TPSA) is 76.0 Å². The smallest absolute Gasteiger partial charge is 0.274 e. The van der Waals surface area contributed by atoms with E-state index in [1.807, 2.05) is 12.1 Å². The predicted molar refractivity (Wildman–Crippen MR) is 111 cm³/mol. The molecule has 3 rings (SSSR count). The summed E-state index contributed by atoms with van der Waals surface area (Å²) in [6, 6.07) is 7.21. The van der Waals surface area contributed by atoms with Gasteiger partial charge in [-0.05, 0) is 25.5 Å². The summed E-state index contributed by atoms with van der Waals surface area (Å²) in [5.41, 5.74) is 1.42. The lowest BCUT2D eigenvalue weighted by Crippen LogP contribution is -2.33. The SMILES string of the molecule is CCCCCn1nc(C(=O)NCC2=CCNCC2)c2ccccc2c1=O.Cl. The fourth-order valence-corrected chi connectivity index (χ4v) is 3.17. The van der Waals surface area contributed by atoms with Gasteiger partial charge in [0.25, 0.3) is 11.5 Å². The Morgan fingerprint density at radius 2 is 2.04 bits per heavy atom. The highest BCUT2D eigenvalue weighted by atomic mass is 35.5. The van der Waals surface area contributed by atoms with Crippen LogP contribution in [0, 0.1) is 0 Å². The van der Waals surface area contributed by atoms with E-state index in [1.165, 1.54) is 10.3 Å². The number of unbranched alkanes of at least 4 members (excludes halogenated alkanes) is 2. The summed E-state index contributed by atoms with van der Waals surface area (Å²) in [6.45, 7) is 4.95. The first-order valence-corrected chi connectivity index (χ1v) is 9.37. The predicted octanol–water partition coefficient (Wildman–Crippen LogP) is 2.66. The quantitative estimate of drug-likeness (QED) is 0.563. The number of aryl methyl sites for hydroxylation is 1. The first kappa shape index (κ1) is 21.1. The van der Waals surface area contributed by atoms with Gasteiger partial charge >= 0.3 is 0 Å². The maximum atomic E-state index is 12.8. The number of halogens is 1. The molecule has 146 valence electrons. The summed E-state index contributed by atoms with van der Waals surface area (Å²) in [4.78, 5) is 25.4. The van der Waals surface area contributed by atoms with Gasteiger partial charge in [0.15, 0.2) is 5.69 Å². The molecule has 2 N–H and O–H groups in total. The number of nitrogens with one attached hydrogen (secondary N) is 2. The number of aromatic nitrogens is 2. The van der Waals surface area contributed by atoms with E-state index in [4.69, 9.17) is 0 Å². The second-order valence-electron chi connectivity index (χ2n) is 6.63. The number of hydrogen-bond acceptors (Lipinski definition) is 4. The minimum absolute atomic E-state index is 0. The third-order valence-electron chi connectivity index (χ3n) is 4.69. The molecule has 27 heavy (non-hydrogen) atoms. The summed E-state index contributed by atoms with van der Waals surface area (Å²) in [5.74, 6) is -0.232. The minimum Gasteiger partial charge on any atom is -0.347 e. The molecule has 1 aliphatic heterocycles. The first-order valence-electron chi connectivity index (χ1n) is 9.37. The van der Waals surface area contributed by atoms with Gasteiger partial charge in [-0.2, -0.15) is 5.10 Å². The van der Waals surface area contributed by atoms with Crippen LogP contribution in [0.25, 0.3) is 10.8 Å². The monoisotopic (exact) mass is 390 g/mol. The molecule has 1 amide bonds. The van der Waals surface area contributed by atoms with Crippen molar-refractivity contribution >= 4 is 29.1 Å². The van der Waals surface area contributed by atoms with Crippen molar-refractivity contribution in [1.82, 2.24) is 20.4 Å². The highest BCUT2D eigenvalue weighted by Gasteiger charge is 2.17. The van der Waals surface area contributed by atoms with E-state index in [1.54, 1.807) is 12.1 Å². The number of hydrogen-bond donors (Lipinski definition) is 2. The Balaban J connectivity index is 0.00000261. The van der Waals surface area contributed by atoms with Crippen LogP contribution in [0.4, 0.5) is 0 Å². The van der Waals surface area contributed by atoms with Gasteiger partial charge in [-0.15, -0.1) is 12.4 Å². The largest absolute Gasteiger partial charge is 0.347 e. The number of fused-ring (bicyclic) bond motifs is 1. The van der Waals surface area contributed by atoms with Crippen molar-refractivity contribution in [2.45, 2.75) is 39.2 Å². The van der Waals surface area contributed by atoms with Gasteiger partial charge in [-0.25, -0.2) is 4.68 Å². The van der Waals surface area contributed by atoms with E-state index in [0.717, 1.165) is 38.8 Å². The van der Waals surface area contributed by atoms with Gasteiger partial charge in [0.2, 0.25) is 0 Å². The minimum atomic E-state index is -0.232. The fraction of sp³-hybridized carbons (Fsp3) is 0.450. The molecule has 1 aliphatic rings. The van der Waals surface area contributed by atoms with E-state index in [-0.39, 0.29) is 23.9 Å². The summed E-state index contributed by atoms with van der Waals surface area (Å²) < 4.78 is 1.44. The van der Waals surface area contributed by atoms with E-state index >= 15 is 0 Å². The van der Waals surface area contributed by atoms with Gasteiger partial charge in [0, 0.05) is 25.0 Å². The van der Waals surface area contributed by atoms with Crippen LogP contribution in [0.3, 0.4) is 0 Å². The lowest BCUT2D eigenvalue weighted by atomic mass is 10.1. The summed E-state index contributed by atoms with van der Waals surface area (Å²) in [6.07, 6.45) is 6.03. The molecule has 0 unspecified atom stereocenters.